The van der Waals surface area contributed by atoms with Gasteiger partial charge < -0.3 is 5.73 Å². The number of aromatic nitrogens is 5. The maximum atomic E-state index is 5.56. The van der Waals surface area contributed by atoms with E-state index in [1.165, 1.54) is 11.0 Å². The van der Waals surface area contributed by atoms with Gasteiger partial charge in [-0.1, -0.05) is 11.6 Å². The maximum Gasteiger partial charge on any atom is 0.224 e. The van der Waals surface area contributed by atoms with E-state index in [1.54, 1.807) is 12.1 Å². The van der Waals surface area contributed by atoms with Crippen LogP contribution in [0.2, 0.25) is 5.15 Å². The topological polar surface area (TPSA) is 82.5 Å². The molecule has 66 valence electrons. The quantitative estimate of drug-likeness (QED) is 0.709. The first-order valence-corrected chi connectivity index (χ1v) is 3.80. The summed E-state index contributed by atoms with van der Waals surface area (Å²) in [5.74, 6) is 0.746. The first-order chi connectivity index (χ1) is 6.27. The molecule has 2 heterocycles. The fourth-order valence-corrected chi connectivity index (χ4v) is 0.950. The number of nitrogens with zero attached hydrogens (tertiary/aromatic N) is 5. The molecule has 0 unspecified atom stereocenters. The Morgan fingerprint density at radius 3 is 2.69 bits per heavy atom. The third-order valence-electron chi connectivity index (χ3n) is 1.41. The van der Waals surface area contributed by atoms with Crippen LogP contribution in [-0.2, 0) is 0 Å². The SMILES string of the molecule is Nc1ncnn1-c1ccc(Cl)nn1. The Kier molecular flexibility index (Phi) is 1.82. The zero-order valence-electron chi connectivity index (χ0n) is 6.42. The molecule has 0 spiro atoms. The second-order valence-corrected chi connectivity index (χ2v) is 2.63. The van der Waals surface area contributed by atoms with Crippen LogP contribution in [0.4, 0.5) is 5.95 Å². The van der Waals surface area contributed by atoms with Crippen LogP contribution in [0.1, 0.15) is 0 Å². The molecule has 2 aromatic heterocycles. The van der Waals surface area contributed by atoms with Crippen molar-refractivity contribution in [2.75, 3.05) is 5.73 Å². The average molecular weight is 197 g/mol. The number of rotatable bonds is 1. The van der Waals surface area contributed by atoms with E-state index < -0.39 is 0 Å². The fraction of sp³-hybridized carbons (Fsp3) is 0. The summed E-state index contributed by atoms with van der Waals surface area (Å²) in [7, 11) is 0. The van der Waals surface area contributed by atoms with Gasteiger partial charge in [-0.3, -0.25) is 0 Å². The van der Waals surface area contributed by atoms with Gasteiger partial charge in [-0.15, -0.1) is 10.2 Å². The minimum atomic E-state index is 0.261. The molecule has 6 nitrogen and oxygen atoms in total. The summed E-state index contributed by atoms with van der Waals surface area (Å²) in [5, 5.41) is 11.6. The Morgan fingerprint density at radius 2 is 2.15 bits per heavy atom. The normalized spacial score (nSPS) is 10.2. The van der Waals surface area contributed by atoms with Crippen LogP contribution in [0.25, 0.3) is 5.82 Å². The van der Waals surface area contributed by atoms with Gasteiger partial charge in [0.15, 0.2) is 11.0 Å². The van der Waals surface area contributed by atoms with Gasteiger partial charge in [-0.25, -0.2) is 0 Å². The number of halogens is 1. The number of anilines is 1. The van der Waals surface area contributed by atoms with E-state index >= 15 is 0 Å². The van der Waals surface area contributed by atoms with Gasteiger partial charge in [-0.2, -0.15) is 14.8 Å². The zero-order chi connectivity index (χ0) is 9.26. The molecule has 0 atom stereocenters. The summed E-state index contributed by atoms with van der Waals surface area (Å²) in [6.45, 7) is 0. The number of hydrogen-bond donors (Lipinski definition) is 1. The van der Waals surface area contributed by atoms with Crippen LogP contribution >= 0.6 is 11.6 Å². The van der Waals surface area contributed by atoms with E-state index in [1.807, 2.05) is 0 Å². The minimum Gasteiger partial charge on any atom is -0.368 e. The molecular formula is C6H5ClN6. The zero-order valence-corrected chi connectivity index (χ0v) is 7.18. The molecule has 2 rings (SSSR count). The average Bonchev–Trinajstić information content (AvgIpc) is 2.53. The minimum absolute atomic E-state index is 0.261. The van der Waals surface area contributed by atoms with E-state index in [0.29, 0.717) is 11.0 Å². The first-order valence-electron chi connectivity index (χ1n) is 3.42. The van der Waals surface area contributed by atoms with Crippen LogP contribution in [0.15, 0.2) is 18.5 Å². The Morgan fingerprint density at radius 1 is 1.31 bits per heavy atom. The van der Waals surface area contributed by atoms with Crippen molar-refractivity contribution in [1.29, 1.82) is 0 Å². The Hall–Kier alpha value is -1.69. The largest absolute Gasteiger partial charge is 0.368 e. The molecule has 0 saturated carbocycles. The highest BCUT2D eigenvalue weighted by Crippen LogP contribution is 2.07. The van der Waals surface area contributed by atoms with Gasteiger partial charge in [0, 0.05) is 0 Å². The van der Waals surface area contributed by atoms with Crippen LogP contribution in [0, 0.1) is 0 Å². The van der Waals surface area contributed by atoms with Gasteiger partial charge in [0.2, 0.25) is 5.95 Å². The molecule has 0 aliphatic heterocycles. The van der Waals surface area contributed by atoms with E-state index in [0.717, 1.165) is 0 Å². The van der Waals surface area contributed by atoms with E-state index in [9.17, 15) is 0 Å². The molecule has 0 radical (unpaired) electrons. The highest BCUT2D eigenvalue weighted by molar-refractivity contribution is 6.29. The molecule has 0 fully saturated rings. The third kappa shape index (κ3) is 1.43. The lowest BCUT2D eigenvalue weighted by Crippen LogP contribution is -2.05. The smallest absolute Gasteiger partial charge is 0.224 e. The van der Waals surface area contributed by atoms with Crippen LogP contribution in [-0.4, -0.2) is 25.0 Å². The molecule has 0 bridgehead atoms. The van der Waals surface area contributed by atoms with Gasteiger partial charge in [0.05, 0.1) is 0 Å². The van der Waals surface area contributed by atoms with Gasteiger partial charge in [0.25, 0.3) is 0 Å². The standard InChI is InChI=1S/C6H5ClN6/c7-4-1-2-5(12-11-4)13-6(8)9-3-10-13/h1-3H,(H2,8,9,10). The molecule has 2 N–H and O–H groups in total. The maximum absolute atomic E-state index is 5.56. The lowest BCUT2D eigenvalue weighted by molar-refractivity contribution is 0.822. The van der Waals surface area contributed by atoms with Crippen molar-refractivity contribution in [3.05, 3.63) is 23.6 Å². The van der Waals surface area contributed by atoms with Crippen LogP contribution in [0.5, 0.6) is 0 Å². The summed E-state index contributed by atoms with van der Waals surface area (Å²) >= 11 is 5.56. The number of nitrogen functional groups attached to an aromatic ring is 1. The summed E-state index contributed by atoms with van der Waals surface area (Å²) in [4.78, 5) is 3.74. The summed E-state index contributed by atoms with van der Waals surface area (Å²) in [5.41, 5.74) is 5.50. The monoisotopic (exact) mass is 196 g/mol. The molecule has 0 saturated heterocycles. The lowest BCUT2D eigenvalue weighted by atomic mass is 10.5. The molecule has 0 aromatic carbocycles. The van der Waals surface area contributed by atoms with E-state index in [4.69, 9.17) is 17.3 Å². The molecule has 13 heavy (non-hydrogen) atoms. The fourth-order valence-electron chi connectivity index (χ4n) is 0.849. The number of hydrogen-bond acceptors (Lipinski definition) is 5. The first kappa shape index (κ1) is 7.93. The Labute approximate surface area is 78.4 Å². The van der Waals surface area contributed by atoms with Crippen LogP contribution < -0.4 is 5.73 Å². The van der Waals surface area contributed by atoms with E-state index in [2.05, 4.69) is 20.3 Å². The Balaban J connectivity index is 2.47. The summed E-state index contributed by atoms with van der Waals surface area (Å²) < 4.78 is 1.36. The molecule has 0 amide bonds. The molecule has 0 aliphatic carbocycles. The predicted octanol–water partition coefficient (Wildman–Crippen LogP) is 0.293. The predicted molar refractivity (Wildman–Crippen MR) is 46.4 cm³/mol. The highest BCUT2D eigenvalue weighted by atomic mass is 35.5. The summed E-state index contributed by atoms with van der Waals surface area (Å²) in [6, 6.07) is 3.26. The second-order valence-electron chi connectivity index (χ2n) is 2.24. The van der Waals surface area contributed by atoms with Crippen LogP contribution in [0.3, 0.4) is 0 Å². The van der Waals surface area contributed by atoms with Crippen molar-refractivity contribution in [3.8, 4) is 5.82 Å². The van der Waals surface area contributed by atoms with Crippen molar-refractivity contribution in [1.82, 2.24) is 25.0 Å². The molecule has 7 heteroatoms. The Bertz CT molecular complexity index is 407. The van der Waals surface area contributed by atoms with Gasteiger partial charge in [-0.05, 0) is 12.1 Å². The number of nitrogens with two attached hydrogens (primary N) is 1. The molecular weight excluding hydrogens is 192 g/mol. The van der Waals surface area contributed by atoms with Crippen molar-refractivity contribution in [2.45, 2.75) is 0 Å². The van der Waals surface area contributed by atoms with Crippen molar-refractivity contribution in [3.63, 3.8) is 0 Å². The molecule has 2 aromatic rings. The van der Waals surface area contributed by atoms with Crippen molar-refractivity contribution < 1.29 is 0 Å². The summed E-state index contributed by atoms with van der Waals surface area (Å²) in [6.07, 6.45) is 1.34. The lowest BCUT2D eigenvalue weighted by Gasteiger charge is -1.98. The third-order valence-corrected chi connectivity index (χ3v) is 1.61. The second kappa shape index (κ2) is 2.98. The highest BCUT2D eigenvalue weighted by Gasteiger charge is 2.03. The van der Waals surface area contributed by atoms with Gasteiger partial charge >= 0.3 is 0 Å². The van der Waals surface area contributed by atoms with E-state index in [-0.39, 0.29) is 5.95 Å². The van der Waals surface area contributed by atoms with Crippen molar-refractivity contribution >= 4 is 17.5 Å². The van der Waals surface area contributed by atoms with Crippen molar-refractivity contribution in [2.24, 2.45) is 0 Å². The van der Waals surface area contributed by atoms with Gasteiger partial charge in [0.1, 0.15) is 6.33 Å². The molecule has 0 aliphatic rings.